The van der Waals surface area contributed by atoms with Gasteiger partial charge in [0, 0.05) is 0 Å². The molecule has 0 aliphatic rings. The van der Waals surface area contributed by atoms with Crippen LogP contribution in [0.4, 0.5) is 9.18 Å². The third kappa shape index (κ3) is 4.02. The van der Waals surface area contributed by atoms with Crippen molar-refractivity contribution in [1.82, 2.24) is 0 Å². The van der Waals surface area contributed by atoms with Crippen LogP contribution in [0.2, 0.25) is 0 Å². The van der Waals surface area contributed by atoms with E-state index in [0.29, 0.717) is 5.56 Å². The normalized spacial score (nSPS) is 11.4. The average Bonchev–Trinajstić information content (AvgIpc) is 2.29. The van der Waals surface area contributed by atoms with E-state index in [-0.39, 0.29) is 0 Å². The van der Waals surface area contributed by atoms with Crippen molar-refractivity contribution in [1.29, 1.82) is 0 Å². The van der Waals surface area contributed by atoms with Crippen LogP contribution in [0.5, 0.6) is 0 Å². The Morgan fingerprint density at radius 1 is 1.18 bits per heavy atom. The first kappa shape index (κ1) is 12.8. The zero-order chi connectivity index (χ0) is 12.8. The van der Waals surface area contributed by atoms with Gasteiger partial charge >= 0.3 is 18.2 Å². The highest BCUT2D eigenvalue weighted by atomic mass is 19.1. The monoisotopic (exact) mass is 240 g/mol. The summed E-state index contributed by atoms with van der Waals surface area (Å²) >= 11 is 0. The molecule has 1 aromatic rings. The summed E-state index contributed by atoms with van der Waals surface area (Å²) in [5.41, 5.74) is 0.670. The number of hydrogen-bond donors (Lipinski definition) is 0. The maximum absolute atomic E-state index is 11.8. The fraction of sp³-hybridized carbons (Fsp3) is 0.182. The Labute approximate surface area is 96.1 Å². The van der Waals surface area contributed by atoms with Crippen molar-refractivity contribution in [2.75, 3.05) is 0 Å². The molecule has 0 fully saturated rings. The molecule has 90 valence electrons. The highest BCUT2D eigenvalue weighted by Gasteiger charge is 2.21. The second kappa shape index (κ2) is 5.74. The summed E-state index contributed by atoms with van der Waals surface area (Å²) in [6, 6.07) is 6.28. The summed E-state index contributed by atoms with van der Waals surface area (Å²) < 4.78 is 20.2. The second-order valence-corrected chi connectivity index (χ2v) is 3.08. The van der Waals surface area contributed by atoms with E-state index in [1.807, 2.05) is 0 Å². The lowest BCUT2D eigenvalue weighted by Crippen LogP contribution is -2.19. The van der Waals surface area contributed by atoms with Gasteiger partial charge in [-0.05, 0) is 12.5 Å². The number of ether oxygens (including phenoxy) is 2. The molecule has 0 radical (unpaired) electrons. The van der Waals surface area contributed by atoms with Crippen molar-refractivity contribution >= 4 is 18.2 Å². The van der Waals surface area contributed by atoms with Gasteiger partial charge in [-0.1, -0.05) is 30.3 Å². The molecule has 1 rings (SSSR count). The minimum absolute atomic E-state index is 0.670. The molecule has 0 spiro atoms. The van der Waals surface area contributed by atoms with Crippen molar-refractivity contribution in [3.63, 3.8) is 0 Å². The van der Waals surface area contributed by atoms with Crippen LogP contribution in [0, 0.1) is 0 Å². The molecule has 17 heavy (non-hydrogen) atoms. The first-order valence-corrected chi connectivity index (χ1v) is 4.68. The summed E-state index contributed by atoms with van der Waals surface area (Å²) in [5.74, 6) is -1.89. The first-order valence-electron chi connectivity index (χ1n) is 4.68. The van der Waals surface area contributed by atoms with Crippen molar-refractivity contribution in [2.45, 2.75) is 13.0 Å². The van der Waals surface area contributed by atoms with Crippen LogP contribution in [0.3, 0.4) is 0 Å². The summed E-state index contributed by atoms with van der Waals surface area (Å²) in [4.78, 5) is 31.3. The number of rotatable bonds is 3. The van der Waals surface area contributed by atoms with Gasteiger partial charge in [0.05, 0.1) is 0 Å². The highest BCUT2D eigenvalue weighted by Crippen LogP contribution is 2.16. The Hall–Kier alpha value is -2.24. The van der Waals surface area contributed by atoms with Crippen LogP contribution < -0.4 is 0 Å². The van der Waals surface area contributed by atoms with Crippen LogP contribution >= 0.6 is 0 Å². The summed E-state index contributed by atoms with van der Waals surface area (Å²) in [5, 5.41) is 0. The van der Waals surface area contributed by atoms with E-state index in [9.17, 15) is 18.8 Å². The van der Waals surface area contributed by atoms with E-state index in [1.165, 1.54) is 0 Å². The van der Waals surface area contributed by atoms with Gasteiger partial charge in [-0.25, -0.2) is 14.4 Å². The maximum atomic E-state index is 11.8. The first-order chi connectivity index (χ1) is 8.00. The molecule has 0 bridgehead atoms. The lowest BCUT2D eigenvalue weighted by Gasteiger charge is -2.11. The van der Waals surface area contributed by atoms with Crippen LogP contribution in [-0.2, 0) is 19.1 Å². The van der Waals surface area contributed by atoms with Crippen LogP contribution in [0.1, 0.15) is 18.6 Å². The quantitative estimate of drug-likeness (QED) is 0.349. The number of esters is 1. The average molecular weight is 240 g/mol. The van der Waals surface area contributed by atoms with Gasteiger partial charge in [0.1, 0.15) is 6.10 Å². The Morgan fingerprint density at radius 3 is 2.29 bits per heavy atom. The molecule has 0 saturated carbocycles. The Bertz CT molecular complexity index is 429. The van der Waals surface area contributed by atoms with E-state index < -0.39 is 24.3 Å². The lowest BCUT2D eigenvalue weighted by molar-refractivity contribution is -0.157. The molecular formula is C11H9FO5. The topological polar surface area (TPSA) is 69.7 Å². The summed E-state index contributed by atoms with van der Waals surface area (Å²) in [6.07, 6.45) is -2.09. The van der Waals surface area contributed by atoms with Gasteiger partial charge in [0.25, 0.3) is 0 Å². The third-order valence-corrected chi connectivity index (χ3v) is 1.88. The van der Waals surface area contributed by atoms with Gasteiger partial charge in [-0.3, -0.25) is 0 Å². The van der Waals surface area contributed by atoms with E-state index in [0.717, 1.165) is 0 Å². The van der Waals surface area contributed by atoms with E-state index in [1.54, 1.807) is 37.3 Å². The second-order valence-electron chi connectivity index (χ2n) is 3.08. The predicted molar refractivity (Wildman–Crippen MR) is 53.5 cm³/mol. The molecule has 5 nitrogen and oxygen atoms in total. The fourth-order valence-electron chi connectivity index (χ4n) is 1.08. The third-order valence-electron chi connectivity index (χ3n) is 1.88. The zero-order valence-corrected chi connectivity index (χ0v) is 8.88. The SMILES string of the molecule is CC(OC(=O)OC(=O)C(=O)F)c1ccccc1. The molecule has 0 amide bonds. The van der Waals surface area contributed by atoms with Crippen LogP contribution in [0.15, 0.2) is 30.3 Å². The Kier molecular flexibility index (Phi) is 4.33. The Balaban J connectivity index is 2.52. The number of halogens is 1. The molecule has 1 atom stereocenters. The largest absolute Gasteiger partial charge is 0.517 e. The van der Waals surface area contributed by atoms with Gasteiger partial charge in [-0.15, -0.1) is 0 Å². The molecule has 1 unspecified atom stereocenters. The Morgan fingerprint density at radius 2 is 1.76 bits per heavy atom. The van der Waals surface area contributed by atoms with Crippen LogP contribution in [0.25, 0.3) is 0 Å². The number of carbonyl (C=O) groups excluding carboxylic acids is 3. The number of hydrogen-bond acceptors (Lipinski definition) is 5. The minimum atomic E-state index is -2.35. The smallest absolute Gasteiger partial charge is 0.426 e. The van der Waals surface area contributed by atoms with E-state index in [2.05, 4.69) is 9.47 Å². The predicted octanol–water partition coefficient (Wildman–Crippen LogP) is 1.92. The molecule has 1 aromatic carbocycles. The minimum Gasteiger partial charge on any atom is -0.426 e. The van der Waals surface area contributed by atoms with Crippen molar-refractivity contribution in [2.24, 2.45) is 0 Å². The molecule has 0 aromatic heterocycles. The van der Waals surface area contributed by atoms with E-state index in [4.69, 9.17) is 0 Å². The number of carbonyl (C=O) groups is 3. The summed E-state index contributed by atoms with van der Waals surface area (Å²) in [7, 11) is 0. The van der Waals surface area contributed by atoms with Gasteiger partial charge in [0.2, 0.25) is 0 Å². The van der Waals surface area contributed by atoms with Crippen molar-refractivity contribution < 1.29 is 28.2 Å². The van der Waals surface area contributed by atoms with Crippen LogP contribution in [-0.4, -0.2) is 18.2 Å². The van der Waals surface area contributed by atoms with Crippen molar-refractivity contribution in [3.05, 3.63) is 35.9 Å². The standard InChI is InChI=1S/C11H9FO5/c1-7(8-5-3-2-4-6-8)16-11(15)17-10(14)9(12)13/h2-7H,1H3. The highest BCUT2D eigenvalue weighted by molar-refractivity contribution is 6.30. The molecule has 0 N–H and O–H groups in total. The summed E-state index contributed by atoms with van der Waals surface area (Å²) in [6.45, 7) is 1.54. The molecule has 0 aliphatic carbocycles. The van der Waals surface area contributed by atoms with Gasteiger partial charge in [-0.2, -0.15) is 4.39 Å². The maximum Gasteiger partial charge on any atom is 0.517 e. The molecule has 0 saturated heterocycles. The van der Waals surface area contributed by atoms with Gasteiger partial charge < -0.3 is 9.47 Å². The lowest BCUT2D eigenvalue weighted by atomic mass is 10.1. The molecule has 0 heterocycles. The van der Waals surface area contributed by atoms with E-state index >= 15 is 0 Å². The molecule has 0 aliphatic heterocycles. The number of benzene rings is 1. The molecular weight excluding hydrogens is 231 g/mol. The van der Waals surface area contributed by atoms with Gasteiger partial charge in [0.15, 0.2) is 0 Å². The van der Waals surface area contributed by atoms with Crippen molar-refractivity contribution in [3.8, 4) is 0 Å². The zero-order valence-electron chi connectivity index (χ0n) is 8.88. The molecule has 6 heteroatoms. The fourth-order valence-corrected chi connectivity index (χ4v) is 1.08.